The Morgan fingerprint density at radius 1 is 1.47 bits per heavy atom. The quantitative estimate of drug-likeness (QED) is 0.763. The molecule has 5 heteroatoms. The fraction of sp³-hybridized carbons (Fsp3) is 0.857. The number of hydrogen-bond donors (Lipinski definition) is 2. The lowest BCUT2D eigenvalue weighted by Crippen LogP contribution is -2.58. The van der Waals surface area contributed by atoms with E-state index in [2.05, 4.69) is 12.2 Å². The molecular formula is C14H26N2O2S. The molecule has 19 heavy (non-hydrogen) atoms. The minimum absolute atomic E-state index is 0.322. The highest BCUT2D eigenvalue weighted by molar-refractivity contribution is 7.80. The van der Waals surface area contributed by atoms with Gasteiger partial charge in [0.25, 0.3) is 0 Å². The summed E-state index contributed by atoms with van der Waals surface area (Å²) in [5, 5.41) is 2.90. The molecule has 0 bridgehead atoms. The van der Waals surface area contributed by atoms with E-state index in [9.17, 15) is 4.79 Å². The van der Waals surface area contributed by atoms with Gasteiger partial charge < -0.3 is 15.8 Å². The molecule has 1 saturated carbocycles. The minimum Gasteiger partial charge on any atom is -0.449 e. The Morgan fingerprint density at radius 2 is 2.05 bits per heavy atom. The Balaban J connectivity index is 2.58. The molecule has 0 radical (unpaired) electrons. The van der Waals surface area contributed by atoms with Crippen LogP contribution in [0, 0.1) is 11.8 Å². The molecule has 3 N–H and O–H groups in total. The van der Waals surface area contributed by atoms with Crippen LogP contribution in [0.1, 0.15) is 52.9 Å². The van der Waals surface area contributed by atoms with E-state index in [1.807, 2.05) is 13.8 Å². The number of nitrogens with one attached hydrogen (secondary N) is 1. The van der Waals surface area contributed by atoms with Crippen molar-refractivity contribution >= 4 is 23.3 Å². The summed E-state index contributed by atoms with van der Waals surface area (Å²) in [5.41, 5.74) is 5.31. The molecule has 0 spiro atoms. The van der Waals surface area contributed by atoms with Crippen molar-refractivity contribution in [1.29, 1.82) is 0 Å². The first-order valence-electron chi connectivity index (χ1n) is 7.14. The molecule has 1 aliphatic carbocycles. The number of rotatable bonds is 5. The van der Waals surface area contributed by atoms with Crippen LogP contribution in [0.4, 0.5) is 4.79 Å². The first kappa shape index (κ1) is 16.2. The van der Waals surface area contributed by atoms with Crippen LogP contribution in [0.15, 0.2) is 0 Å². The Labute approximate surface area is 121 Å². The lowest BCUT2D eigenvalue weighted by atomic mass is 9.75. The summed E-state index contributed by atoms with van der Waals surface area (Å²) >= 11 is 5.16. The normalized spacial score (nSPS) is 27.1. The summed E-state index contributed by atoms with van der Waals surface area (Å²) in [7, 11) is 0. The molecule has 0 aromatic heterocycles. The van der Waals surface area contributed by atoms with Gasteiger partial charge >= 0.3 is 6.09 Å². The largest absolute Gasteiger partial charge is 0.449 e. The number of carbonyl (C=O) groups excluding carboxylic acids is 1. The summed E-state index contributed by atoms with van der Waals surface area (Å²) < 4.78 is 5.17. The molecule has 0 aromatic rings. The van der Waals surface area contributed by atoms with Crippen LogP contribution in [0.3, 0.4) is 0 Å². The van der Waals surface area contributed by atoms with Crippen molar-refractivity contribution in [2.24, 2.45) is 17.6 Å². The molecule has 0 saturated heterocycles. The maximum atomic E-state index is 11.8. The van der Waals surface area contributed by atoms with Crippen molar-refractivity contribution < 1.29 is 9.53 Å². The Morgan fingerprint density at radius 3 is 2.47 bits per heavy atom. The zero-order valence-electron chi connectivity index (χ0n) is 12.2. The highest BCUT2D eigenvalue weighted by Gasteiger charge is 2.39. The van der Waals surface area contributed by atoms with Crippen molar-refractivity contribution in [2.75, 3.05) is 6.61 Å². The predicted octanol–water partition coefficient (Wildman–Crippen LogP) is 2.99. The summed E-state index contributed by atoms with van der Waals surface area (Å²) in [6.45, 7) is 6.62. The summed E-state index contributed by atoms with van der Waals surface area (Å²) in [6, 6.07) is 0. The Hall–Kier alpha value is -0.840. The lowest BCUT2D eigenvalue weighted by molar-refractivity contribution is 0.119. The highest BCUT2D eigenvalue weighted by atomic mass is 32.1. The number of nitrogens with two attached hydrogens (primary N) is 1. The second-order valence-electron chi connectivity index (χ2n) is 5.92. The molecule has 0 heterocycles. The molecule has 0 aromatic carbocycles. The Kier molecular flexibility index (Phi) is 6.04. The van der Waals surface area contributed by atoms with E-state index >= 15 is 0 Å². The van der Waals surface area contributed by atoms with Gasteiger partial charge in [-0.1, -0.05) is 39.4 Å². The molecule has 110 valence electrons. The standard InChI is InChI=1S/C14H26N2O2S/c1-4-11-5-7-14(8-6-11,12(15)19)16-13(17)18-9-10(2)3/h10-11H,4-9H2,1-3H3,(H2,15,19)(H,16,17). The van der Waals surface area contributed by atoms with Crippen molar-refractivity contribution in [1.82, 2.24) is 5.32 Å². The van der Waals surface area contributed by atoms with Gasteiger partial charge in [0.15, 0.2) is 0 Å². The van der Waals surface area contributed by atoms with Gasteiger partial charge in [-0.15, -0.1) is 0 Å². The van der Waals surface area contributed by atoms with Crippen LogP contribution in [-0.2, 0) is 4.74 Å². The van der Waals surface area contributed by atoms with Crippen LogP contribution in [0.25, 0.3) is 0 Å². The first-order valence-corrected chi connectivity index (χ1v) is 7.55. The van der Waals surface area contributed by atoms with E-state index in [0.717, 1.165) is 31.6 Å². The molecule has 1 aliphatic rings. The number of ether oxygens (including phenoxy) is 1. The van der Waals surface area contributed by atoms with Crippen LogP contribution >= 0.6 is 12.2 Å². The van der Waals surface area contributed by atoms with Gasteiger partial charge in [0.05, 0.1) is 17.1 Å². The van der Waals surface area contributed by atoms with Crippen LogP contribution < -0.4 is 11.1 Å². The van der Waals surface area contributed by atoms with E-state index < -0.39 is 11.6 Å². The smallest absolute Gasteiger partial charge is 0.407 e. The summed E-state index contributed by atoms with van der Waals surface area (Å²) in [5.74, 6) is 1.04. The van der Waals surface area contributed by atoms with E-state index in [0.29, 0.717) is 17.5 Å². The third-order valence-electron chi connectivity index (χ3n) is 3.90. The van der Waals surface area contributed by atoms with Crippen molar-refractivity contribution in [2.45, 2.75) is 58.4 Å². The molecule has 4 nitrogen and oxygen atoms in total. The second-order valence-corrected chi connectivity index (χ2v) is 6.36. The topological polar surface area (TPSA) is 64.3 Å². The highest BCUT2D eigenvalue weighted by Crippen LogP contribution is 2.34. The number of thiocarbonyl (C=S) groups is 1. The van der Waals surface area contributed by atoms with Gasteiger partial charge in [-0.2, -0.15) is 0 Å². The molecule has 1 rings (SSSR count). The van der Waals surface area contributed by atoms with Crippen LogP contribution in [0.5, 0.6) is 0 Å². The molecule has 0 atom stereocenters. The van der Waals surface area contributed by atoms with E-state index in [1.165, 1.54) is 6.42 Å². The third kappa shape index (κ3) is 4.64. The predicted molar refractivity (Wildman–Crippen MR) is 81.1 cm³/mol. The molecule has 0 aliphatic heterocycles. The van der Waals surface area contributed by atoms with Crippen molar-refractivity contribution in [3.63, 3.8) is 0 Å². The molecular weight excluding hydrogens is 260 g/mol. The summed E-state index contributed by atoms with van der Waals surface area (Å²) in [4.78, 5) is 12.2. The van der Waals surface area contributed by atoms with Gasteiger partial charge in [0.1, 0.15) is 0 Å². The number of hydrogen-bond acceptors (Lipinski definition) is 3. The molecule has 0 unspecified atom stereocenters. The fourth-order valence-electron chi connectivity index (χ4n) is 2.49. The van der Waals surface area contributed by atoms with Gasteiger partial charge in [0.2, 0.25) is 0 Å². The Bertz CT molecular complexity index is 323. The fourth-order valence-corrected chi connectivity index (χ4v) is 2.74. The lowest BCUT2D eigenvalue weighted by Gasteiger charge is -2.39. The number of alkyl carbamates (subject to hydrolysis) is 1. The van der Waals surface area contributed by atoms with Crippen LogP contribution in [0.2, 0.25) is 0 Å². The number of carbonyl (C=O) groups is 1. The van der Waals surface area contributed by atoms with Gasteiger partial charge in [-0.3, -0.25) is 0 Å². The van der Waals surface area contributed by atoms with Crippen LogP contribution in [-0.4, -0.2) is 23.2 Å². The first-order chi connectivity index (χ1) is 8.89. The maximum Gasteiger partial charge on any atom is 0.407 e. The minimum atomic E-state index is -0.547. The van der Waals surface area contributed by atoms with E-state index in [-0.39, 0.29) is 0 Å². The zero-order chi connectivity index (χ0) is 14.5. The zero-order valence-corrected chi connectivity index (χ0v) is 13.0. The van der Waals surface area contributed by atoms with Crippen molar-refractivity contribution in [3.8, 4) is 0 Å². The van der Waals surface area contributed by atoms with Gasteiger partial charge in [-0.25, -0.2) is 4.79 Å². The SMILES string of the molecule is CCC1CCC(NC(=O)OCC(C)C)(C(N)=S)CC1. The van der Waals surface area contributed by atoms with Gasteiger partial charge in [-0.05, 0) is 37.5 Å². The van der Waals surface area contributed by atoms with E-state index in [4.69, 9.17) is 22.7 Å². The summed E-state index contributed by atoms with van der Waals surface area (Å²) in [6.07, 6.45) is 4.51. The second kappa shape index (κ2) is 7.08. The van der Waals surface area contributed by atoms with E-state index in [1.54, 1.807) is 0 Å². The average Bonchev–Trinajstić information content (AvgIpc) is 2.37. The third-order valence-corrected chi connectivity index (χ3v) is 4.29. The van der Waals surface area contributed by atoms with Crippen molar-refractivity contribution in [3.05, 3.63) is 0 Å². The molecule has 1 fully saturated rings. The maximum absolute atomic E-state index is 11.8. The number of amides is 1. The average molecular weight is 286 g/mol. The monoisotopic (exact) mass is 286 g/mol. The van der Waals surface area contributed by atoms with Gasteiger partial charge in [0, 0.05) is 0 Å². The molecule has 1 amide bonds.